The van der Waals surface area contributed by atoms with Crippen LogP contribution in [0, 0.1) is 5.41 Å². The molecule has 0 radical (unpaired) electrons. The van der Waals surface area contributed by atoms with Crippen LogP contribution in [0.15, 0.2) is 28.7 Å². The largest absolute Gasteiger partial charge is 0.481 e. The number of carboxylic acid groups (broad SMARTS) is 1. The molecule has 1 atom stereocenters. The van der Waals surface area contributed by atoms with Crippen molar-refractivity contribution in [3.05, 3.63) is 34.3 Å². The van der Waals surface area contributed by atoms with Crippen LogP contribution in [0.4, 0.5) is 0 Å². The van der Waals surface area contributed by atoms with Gasteiger partial charge >= 0.3 is 5.97 Å². The van der Waals surface area contributed by atoms with Gasteiger partial charge in [0.25, 0.3) is 0 Å². The van der Waals surface area contributed by atoms with Crippen molar-refractivity contribution < 1.29 is 15.0 Å². The van der Waals surface area contributed by atoms with Gasteiger partial charge in [0.2, 0.25) is 0 Å². The zero-order chi connectivity index (χ0) is 11.6. The molecule has 0 heterocycles. The van der Waals surface area contributed by atoms with E-state index in [2.05, 4.69) is 15.9 Å². The van der Waals surface area contributed by atoms with Gasteiger partial charge in [-0.3, -0.25) is 4.79 Å². The monoisotopic (exact) mass is 272 g/mol. The molecule has 0 aromatic heterocycles. The number of carboxylic acids is 1. The van der Waals surface area contributed by atoms with E-state index < -0.39 is 17.5 Å². The van der Waals surface area contributed by atoms with E-state index in [4.69, 9.17) is 5.11 Å². The summed E-state index contributed by atoms with van der Waals surface area (Å²) in [5.74, 6) is -1.02. The van der Waals surface area contributed by atoms with Gasteiger partial charge in [-0.05, 0) is 25.5 Å². The van der Waals surface area contributed by atoms with Crippen LogP contribution in [-0.4, -0.2) is 16.2 Å². The number of benzene rings is 1. The molecule has 15 heavy (non-hydrogen) atoms. The van der Waals surface area contributed by atoms with Gasteiger partial charge in [-0.25, -0.2) is 0 Å². The fourth-order valence-corrected chi connectivity index (χ4v) is 1.70. The third-order valence-electron chi connectivity index (χ3n) is 2.43. The lowest BCUT2D eigenvalue weighted by Gasteiger charge is -2.26. The Bertz CT molecular complexity index is 374. The molecule has 0 aliphatic heterocycles. The highest BCUT2D eigenvalue weighted by molar-refractivity contribution is 9.10. The minimum Gasteiger partial charge on any atom is -0.481 e. The van der Waals surface area contributed by atoms with Crippen molar-refractivity contribution in [2.24, 2.45) is 5.41 Å². The minimum atomic E-state index is -1.20. The summed E-state index contributed by atoms with van der Waals surface area (Å²) in [5.41, 5.74) is -0.617. The van der Waals surface area contributed by atoms with Crippen LogP contribution in [0.2, 0.25) is 0 Å². The zero-order valence-electron chi connectivity index (χ0n) is 8.57. The summed E-state index contributed by atoms with van der Waals surface area (Å²) in [6.45, 7) is 3.00. The summed E-state index contributed by atoms with van der Waals surface area (Å²) in [5, 5.41) is 19.0. The molecule has 0 amide bonds. The Morgan fingerprint density at radius 3 is 2.40 bits per heavy atom. The van der Waals surface area contributed by atoms with Crippen molar-refractivity contribution in [2.45, 2.75) is 20.0 Å². The molecule has 82 valence electrons. The zero-order valence-corrected chi connectivity index (χ0v) is 10.2. The van der Waals surface area contributed by atoms with E-state index in [1.165, 1.54) is 13.8 Å². The molecule has 0 bridgehead atoms. The maximum atomic E-state index is 11.0. The molecule has 2 N–H and O–H groups in total. The third-order valence-corrected chi connectivity index (χ3v) is 3.16. The van der Waals surface area contributed by atoms with Gasteiger partial charge in [0, 0.05) is 4.47 Å². The van der Waals surface area contributed by atoms with Crippen molar-refractivity contribution in [3.8, 4) is 0 Å². The predicted octanol–water partition coefficient (Wildman–Crippen LogP) is 2.59. The number of aliphatic carboxylic acids is 1. The molecule has 1 rings (SSSR count). The van der Waals surface area contributed by atoms with Crippen LogP contribution in [0.5, 0.6) is 0 Å². The first kappa shape index (κ1) is 12.2. The number of halogens is 1. The van der Waals surface area contributed by atoms with Gasteiger partial charge in [-0.1, -0.05) is 34.1 Å². The van der Waals surface area contributed by atoms with E-state index in [0.717, 1.165) is 0 Å². The highest BCUT2D eigenvalue weighted by Gasteiger charge is 2.37. The second kappa shape index (κ2) is 4.33. The maximum Gasteiger partial charge on any atom is 0.312 e. The van der Waals surface area contributed by atoms with Gasteiger partial charge in [0.05, 0.1) is 11.5 Å². The summed E-state index contributed by atoms with van der Waals surface area (Å²) in [6.07, 6.45) is -1.04. The molecule has 4 heteroatoms. The van der Waals surface area contributed by atoms with Gasteiger partial charge in [-0.2, -0.15) is 0 Å². The van der Waals surface area contributed by atoms with Gasteiger partial charge < -0.3 is 10.2 Å². The SMILES string of the molecule is CC(C)(C(=O)O)C(O)c1ccccc1Br. The first-order chi connectivity index (χ1) is 6.87. The summed E-state index contributed by atoms with van der Waals surface area (Å²) < 4.78 is 0.715. The Labute approximate surface area is 96.9 Å². The number of aliphatic hydroxyl groups is 1. The van der Waals surface area contributed by atoms with E-state index >= 15 is 0 Å². The number of hydrogen-bond donors (Lipinski definition) is 2. The lowest BCUT2D eigenvalue weighted by Crippen LogP contribution is -2.31. The Hall–Kier alpha value is -0.870. The minimum absolute atomic E-state index is 0.588. The maximum absolute atomic E-state index is 11.0. The van der Waals surface area contributed by atoms with E-state index in [0.29, 0.717) is 10.0 Å². The number of aliphatic hydroxyl groups excluding tert-OH is 1. The quantitative estimate of drug-likeness (QED) is 0.889. The standard InChI is InChI=1S/C11H13BrO3/c1-11(2,10(14)15)9(13)7-5-3-4-6-8(7)12/h3-6,9,13H,1-2H3,(H,14,15). The molecular formula is C11H13BrO3. The Balaban J connectivity index is 3.10. The van der Waals surface area contributed by atoms with Crippen molar-refractivity contribution in [3.63, 3.8) is 0 Å². The highest BCUT2D eigenvalue weighted by Crippen LogP contribution is 2.36. The molecule has 0 fully saturated rings. The van der Waals surface area contributed by atoms with Gasteiger partial charge in [0.1, 0.15) is 0 Å². The van der Waals surface area contributed by atoms with Crippen LogP contribution >= 0.6 is 15.9 Å². The Morgan fingerprint density at radius 2 is 1.93 bits per heavy atom. The third kappa shape index (κ3) is 2.38. The molecule has 0 aliphatic carbocycles. The molecule has 3 nitrogen and oxygen atoms in total. The first-order valence-electron chi connectivity index (χ1n) is 4.53. The second-order valence-corrected chi connectivity index (χ2v) is 4.81. The Kier molecular flexibility index (Phi) is 3.52. The van der Waals surface area contributed by atoms with Crippen LogP contribution in [0.3, 0.4) is 0 Å². The average Bonchev–Trinajstić information content (AvgIpc) is 2.17. The van der Waals surface area contributed by atoms with Crippen molar-refractivity contribution in [1.82, 2.24) is 0 Å². The van der Waals surface area contributed by atoms with Crippen LogP contribution in [0.1, 0.15) is 25.5 Å². The average molecular weight is 273 g/mol. The molecule has 1 unspecified atom stereocenters. The van der Waals surface area contributed by atoms with Gasteiger partial charge in [0.15, 0.2) is 0 Å². The van der Waals surface area contributed by atoms with E-state index in [1.807, 2.05) is 6.07 Å². The Morgan fingerprint density at radius 1 is 1.40 bits per heavy atom. The highest BCUT2D eigenvalue weighted by atomic mass is 79.9. The fourth-order valence-electron chi connectivity index (χ4n) is 1.20. The van der Waals surface area contributed by atoms with E-state index in [-0.39, 0.29) is 0 Å². The molecule has 0 aliphatic rings. The van der Waals surface area contributed by atoms with Crippen molar-refractivity contribution in [1.29, 1.82) is 0 Å². The summed E-state index contributed by atoms with van der Waals surface area (Å²) in [4.78, 5) is 11.0. The summed E-state index contributed by atoms with van der Waals surface area (Å²) >= 11 is 3.29. The molecule has 0 spiro atoms. The van der Waals surface area contributed by atoms with Gasteiger partial charge in [-0.15, -0.1) is 0 Å². The molecule has 1 aromatic rings. The lowest BCUT2D eigenvalue weighted by molar-refractivity contribution is -0.153. The summed E-state index contributed by atoms with van der Waals surface area (Å²) in [6, 6.07) is 7.06. The van der Waals surface area contributed by atoms with E-state index in [9.17, 15) is 9.90 Å². The second-order valence-electron chi connectivity index (χ2n) is 3.95. The molecule has 1 aromatic carbocycles. The number of rotatable bonds is 3. The summed E-state index contributed by atoms with van der Waals surface area (Å²) in [7, 11) is 0. The number of carbonyl (C=O) groups is 1. The lowest BCUT2D eigenvalue weighted by atomic mass is 9.83. The van der Waals surface area contributed by atoms with Crippen LogP contribution in [0.25, 0.3) is 0 Å². The molecule has 0 saturated heterocycles. The van der Waals surface area contributed by atoms with Crippen LogP contribution in [-0.2, 0) is 4.79 Å². The van der Waals surface area contributed by atoms with Crippen molar-refractivity contribution in [2.75, 3.05) is 0 Å². The molecular weight excluding hydrogens is 260 g/mol. The van der Waals surface area contributed by atoms with Crippen LogP contribution < -0.4 is 0 Å². The predicted molar refractivity (Wildman–Crippen MR) is 60.5 cm³/mol. The topological polar surface area (TPSA) is 57.5 Å². The fraction of sp³-hybridized carbons (Fsp3) is 0.364. The molecule has 0 saturated carbocycles. The van der Waals surface area contributed by atoms with E-state index in [1.54, 1.807) is 18.2 Å². The smallest absolute Gasteiger partial charge is 0.312 e. The normalized spacial score (nSPS) is 13.6. The first-order valence-corrected chi connectivity index (χ1v) is 5.32. The number of hydrogen-bond acceptors (Lipinski definition) is 2. The van der Waals surface area contributed by atoms with Crippen molar-refractivity contribution >= 4 is 21.9 Å².